The highest BCUT2D eigenvalue weighted by molar-refractivity contribution is 5.96. The van der Waals surface area contributed by atoms with Gasteiger partial charge in [-0.3, -0.25) is 9.59 Å². The third-order valence-electron chi connectivity index (χ3n) is 12.8. The van der Waals surface area contributed by atoms with E-state index in [1.807, 2.05) is 6.92 Å². The predicted octanol–water partition coefficient (Wildman–Crippen LogP) is 4.13. The van der Waals surface area contributed by atoms with Gasteiger partial charge in [-0.1, -0.05) is 52.3 Å². The van der Waals surface area contributed by atoms with Gasteiger partial charge in [0, 0.05) is 17.3 Å². The van der Waals surface area contributed by atoms with E-state index in [1.165, 1.54) is 0 Å². The lowest BCUT2D eigenvalue weighted by Gasteiger charge is -2.70. The lowest BCUT2D eigenvalue weighted by Crippen LogP contribution is -2.69. The van der Waals surface area contributed by atoms with Crippen LogP contribution in [-0.4, -0.2) is 51.0 Å². The number of aliphatic carboxylic acids is 1. The van der Waals surface area contributed by atoms with E-state index >= 15 is 0 Å². The van der Waals surface area contributed by atoms with Crippen LogP contribution in [-0.2, 0) is 9.59 Å². The van der Waals surface area contributed by atoms with E-state index in [-0.39, 0.29) is 41.5 Å². The smallest absolute Gasteiger partial charge is 0.310 e. The van der Waals surface area contributed by atoms with Gasteiger partial charge < -0.3 is 20.4 Å². The van der Waals surface area contributed by atoms with Gasteiger partial charge in [-0.15, -0.1) is 0 Å². The zero-order valence-corrected chi connectivity index (χ0v) is 22.5. The molecule has 0 bridgehead atoms. The van der Waals surface area contributed by atoms with Gasteiger partial charge in [-0.25, -0.2) is 0 Å². The SMILES string of the molecule is C=C1CC[C@]2(C(=O)O)CC[C@]3(C)C(=CC(=O)[C@@H]4[C@@]5(C)C[C@@H](O)[C@H](O)[C@@](C)(CO)[C@@H]5CC[C@]43C)[C@@H]2[C@H]1C. The third-order valence-corrected chi connectivity index (χ3v) is 12.8. The molecular formula is C30H44O6. The molecule has 11 atom stereocenters. The summed E-state index contributed by atoms with van der Waals surface area (Å²) in [6.07, 6.45) is 4.15. The van der Waals surface area contributed by atoms with Crippen molar-refractivity contribution < 1.29 is 30.0 Å². The Hall–Kier alpha value is -1.50. The summed E-state index contributed by atoms with van der Waals surface area (Å²) in [6, 6.07) is 0. The quantitative estimate of drug-likeness (QED) is 0.424. The number of carbonyl (C=O) groups excluding carboxylic acids is 1. The Morgan fingerprint density at radius 1 is 1.11 bits per heavy atom. The van der Waals surface area contributed by atoms with Crippen molar-refractivity contribution in [1.82, 2.24) is 0 Å². The summed E-state index contributed by atoms with van der Waals surface area (Å²) in [7, 11) is 0. The Morgan fingerprint density at radius 3 is 2.39 bits per heavy atom. The molecule has 0 saturated heterocycles. The van der Waals surface area contributed by atoms with Crippen molar-refractivity contribution in [3.63, 3.8) is 0 Å². The molecule has 0 amide bonds. The summed E-state index contributed by atoms with van der Waals surface area (Å²) in [5.74, 6) is -1.47. The zero-order valence-electron chi connectivity index (χ0n) is 22.5. The highest BCUT2D eigenvalue weighted by Crippen LogP contribution is 2.75. The standard InChI is InChI=1S/C30H44O6/c1-16-7-10-30(25(35)36)12-11-28(5)18(22(30)17(16)2)13-19(32)23-26(3)14-20(33)24(34)27(4,15-31)21(26)8-9-29(23,28)6/h13,17,20-24,31,33-34H,1,7-12,14-15H2,2-6H3,(H,35,36)/t17-,20+,21+,22-,23+,24-,26-,27-,28+,29+,30-/m0/s1. The van der Waals surface area contributed by atoms with E-state index in [9.17, 15) is 30.0 Å². The van der Waals surface area contributed by atoms with Crippen LogP contribution >= 0.6 is 0 Å². The van der Waals surface area contributed by atoms with Crippen molar-refractivity contribution in [3.8, 4) is 0 Å². The molecule has 0 aliphatic heterocycles. The van der Waals surface area contributed by atoms with E-state index in [0.29, 0.717) is 32.1 Å². The van der Waals surface area contributed by atoms with E-state index in [4.69, 9.17) is 0 Å². The molecule has 5 aliphatic rings. The van der Waals surface area contributed by atoms with Crippen LogP contribution in [0.2, 0.25) is 0 Å². The fourth-order valence-corrected chi connectivity index (χ4v) is 10.6. The largest absolute Gasteiger partial charge is 0.481 e. The first-order chi connectivity index (χ1) is 16.6. The number of aliphatic hydroxyl groups excluding tert-OH is 3. The molecule has 4 N–H and O–H groups in total. The second kappa shape index (κ2) is 7.77. The van der Waals surface area contributed by atoms with Crippen LogP contribution < -0.4 is 0 Å². The number of ketones is 1. The summed E-state index contributed by atoms with van der Waals surface area (Å²) < 4.78 is 0. The third kappa shape index (κ3) is 2.84. The van der Waals surface area contributed by atoms with Gasteiger partial charge in [0.2, 0.25) is 0 Å². The number of hydrogen-bond donors (Lipinski definition) is 4. The number of hydrogen-bond acceptors (Lipinski definition) is 5. The second-order valence-corrected chi connectivity index (χ2v) is 14.0. The molecule has 0 radical (unpaired) electrons. The topological polar surface area (TPSA) is 115 Å². The van der Waals surface area contributed by atoms with Gasteiger partial charge in [0.15, 0.2) is 5.78 Å². The fraction of sp³-hybridized carbons (Fsp3) is 0.800. The molecular weight excluding hydrogens is 456 g/mol. The van der Waals surface area contributed by atoms with Crippen molar-refractivity contribution in [3.05, 3.63) is 23.8 Å². The Bertz CT molecular complexity index is 1050. The Labute approximate surface area is 214 Å². The molecule has 6 nitrogen and oxygen atoms in total. The monoisotopic (exact) mass is 500 g/mol. The fourth-order valence-electron chi connectivity index (χ4n) is 10.6. The highest BCUT2D eigenvalue weighted by Gasteiger charge is 2.72. The maximum atomic E-state index is 14.3. The number of rotatable bonds is 2. The van der Waals surface area contributed by atoms with E-state index in [2.05, 4.69) is 34.3 Å². The summed E-state index contributed by atoms with van der Waals surface area (Å²) in [5.41, 5.74) is -1.05. The van der Waals surface area contributed by atoms with Gasteiger partial charge >= 0.3 is 5.97 Å². The van der Waals surface area contributed by atoms with Gasteiger partial charge in [0.05, 0.1) is 24.2 Å². The number of allylic oxidation sites excluding steroid dienone is 3. The second-order valence-electron chi connectivity index (χ2n) is 14.0. The van der Waals surface area contributed by atoms with Crippen LogP contribution in [0, 0.1) is 50.7 Å². The lowest BCUT2D eigenvalue weighted by molar-refractivity contribution is -0.238. The van der Waals surface area contributed by atoms with E-state index < -0.39 is 39.8 Å². The minimum absolute atomic E-state index is 0.00932. The van der Waals surface area contributed by atoms with Crippen molar-refractivity contribution in [1.29, 1.82) is 0 Å². The minimum Gasteiger partial charge on any atom is -0.481 e. The molecule has 0 heterocycles. The highest BCUT2D eigenvalue weighted by atomic mass is 16.4. The first-order valence-electron chi connectivity index (χ1n) is 13.8. The average Bonchev–Trinajstić information content (AvgIpc) is 2.80. The Morgan fingerprint density at radius 2 is 1.78 bits per heavy atom. The summed E-state index contributed by atoms with van der Waals surface area (Å²) in [5, 5.41) is 42.7. The maximum Gasteiger partial charge on any atom is 0.310 e. The number of fused-ring (bicyclic) bond motifs is 7. The van der Waals surface area contributed by atoms with Gasteiger partial charge in [0.1, 0.15) is 0 Å². The molecule has 0 aromatic heterocycles. The van der Waals surface area contributed by atoms with Crippen molar-refractivity contribution in [2.24, 2.45) is 50.7 Å². The maximum absolute atomic E-state index is 14.3. The van der Waals surface area contributed by atoms with Crippen LogP contribution in [0.3, 0.4) is 0 Å². The molecule has 5 rings (SSSR count). The van der Waals surface area contributed by atoms with Crippen molar-refractivity contribution in [2.45, 2.75) is 91.8 Å². The van der Waals surface area contributed by atoms with Gasteiger partial charge in [-0.2, -0.15) is 0 Å². The number of carboxylic acid groups (broad SMARTS) is 1. The normalized spacial score (nSPS) is 54.5. The van der Waals surface area contributed by atoms with Crippen molar-refractivity contribution in [2.75, 3.05) is 6.61 Å². The van der Waals surface area contributed by atoms with Crippen LogP contribution in [0.25, 0.3) is 0 Å². The number of carbonyl (C=O) groups is 2. The first kappa shape index (κ1) is 26.1. The number of aliphatic hydroxyl groups is 3. The molecule has 0 unspecified atom stereocenters. The molecule has 6 heteroatoms. The summed E-state index contributed by atoms with van der Waals surface area (Å²) in [6.45, 7) is 14.5. The Balaban J connectivity index is 1.68. The lowest BCUT2D eigenvalue weighted by atomic mass is 9.33. The zero-order chi connectivity index (χ0) is 26.6. The average molecular weight is 501 g/mol. The molecule has 36 heavy (non-hydrogen) atoms. The van der Waals surface area contributed by atoms with E-state index in [1.54, 1.807) is 6.08 Å². The first-order valence-corrected chi connectivity index (χ1v) is 13.8. The van der Waals surface area contributed by atoms with Crippen molar-refractivity contribution >= 4 is 11.8 Å². The van der Waals surface area contributed by atoms with Crippen LogP contribution in [0.15, 0.2) is 23.8 Å². The number of carboxylic acids is 1. The van der Waals surface area contributed by atoms with Gasteiger partial charge in [0.25, 0.3) is 0 Å². The molecule has 0 aromatic carbocycles. The predicted molar refractivity (Wildman–Crippen MR) is 136 cm³/mol. The van der Waals surface area contributed by atoms with Gasteiger partial charge in [-0.05, 0) is 79.1 Å². The molecule has 5 aliphatic carbocycles. The van der Waals surface area contributed by atoms with E-state index in [0.717, 1.165) is 24.0 Å². The molecule has 0 spiro atoms. The molecule has 4 fully saturated rings. The summed E-state index contributed by atoms with van der Waals surface area (Å²) in [4.78, 5) is 27.0. The molecule has 0 aromatic rings. The van der Waals surface area contributed by atoms with Crippen LogP contribution in [0.5, 0.6) is 0 Å². The minimum atomic E-state index is -1.04. The van der Waals surface area contributed by atoms with Crippen LogP contribution in [0.1, 0.15) is 79.6 Å². The van der Waals surface area contributed by atoms with Crippen LogP contribution in [0.4, 0.5) is 0 Å². The molecule has 200 valence electrons. The Kier molecular flexibility index (Phi) is 5.63. The molecule has 4 saturated carbocycles. The summed E-state index contributed by atoms with van der Waals surface area (Å²) >= 11 is 0.